The van der Waals surface area contributed by atoms with Crippen molar-refractivity contribution in [1.29, 1.82) is 0 Å². The zero-order valence-electron chi connectivity index (χ0n) is 11.5. The Balaban J connectivity index is 1.85. The zero-order valence-corrected chi connectivity index (χ0v) is 12.2. The van der Waals surface area contributed by atoms with E-state index in [4.69, 9.17) is 16.0 Å². The van der Waals surface area contributed by atoms with Crippen molar-refractivity contribution in [2.45, 2.75) is 13.3 Å². The number of benzene rings is 1. The van der Waals surface area contributed by atoms with Gasteiger partial charge in [-0.1, -0.05) is 17.7 Å². The van der Waals surface area contributed by atoms with E-state index < -0.39 is 11.8 Å². The first-order valence-electron chi connectivity index (χ1n) is 6.44. The van der Waals surface area contributed by atoms with E-state index in [0.29, 0.717) is 23.7 Å². The molecule has 1 aromatic heterocycles. The maximum atomic E-state index is 11.8. The summed E-state index contributed by atoms with van der Waals surface area (Å²) in [6.07, 6.45) is 2.09. The third kappa shape index (κ3) is 4.10. The summed E-state index contributed by atoms with van der Waals surface area (Å²) in [5, 5.41) is 5.60. The van der Waals surface area contributed by atoms with Gasteiger partial charge >= 0.3 is 11.8 Å². The first kappa shape index (κ1) is 15.1. The summed E-state index contributed by atoms with van der Waals surface area (Å²) in [7, 11) is 0. The number of nitrogens with one attached hydrogen (secondary N) is 2. The number of hydrogen-bond acceptors (Lipinski definition) is 3. The van der Waals surface area contributed by atoms with Gasteiger partial charge in [-0.3, -0.25) is 9.59 Å². The number of carbonyl (C=O) groups excluding carboxylic acids is 2. The molecule has 0 fully saturated rings. The minimum atomic E-state index is -0.722. The van der Waals surface area contributed by atoms with Gasteiger partial charge in [-0.15, -0.1) is 0 Å². The normalized spacial score (nSPS) is 10.2. The van der Waals surface area contributed by atoms with Crippen molar-refractivity contribution in [3.8, 4) is 0 Å². The largest absolute Gasteiger partial charge is 0.469 e. The lowest BCUT2D eigenvalue weighted by Crippen LogP contribution is -2.36. The van der Waals surface area contributed by atoms with Crippen LogP contribution in [0.1, 0.15) is 11.3 Å². The summed E-state index contributed by atoms with van der Waals surface area (Å²) in [5.74, 6) is -0.665. The minimum Gasteiger partial charge on any atom is -0.469 e. The monoisotopic (exact) mass is 306 g/mol. The van der Waals surface area contributed by atoms with Crippen molar-refractivity contribution in [2.24, 2.45) is 0 Å². The molecule has 2 N–H and O–H groups in total. The first-order chi connectivity index (χ1) is 10.1. The SMILES string of the molecule is Cc1c(Cl)cccc1NC(=O)C(=O)NCCc1ccco1. The number of amides is 2. The minimum absolute atomic E-state index is 0.328. The van der Waals surface area contributed by atoms with Gasteiger partial charge in [0.15, 0.2) is 0 Å². The molecule has 5 nitrogen and oxygen atoms in total. The van der Waals surface area contributed by atoms with Crippen LogP contribution in [0.5, 0.6) is 0 Å². The second kappa shape index (κ2) is 6.95. The molecule has 110 valence electrons. The van der Waals surface area contributed by atoms with E-state index in [9.17, 15) is 9.59 Å². The standard InChI is InChI=1S/C15H15ClN2O3/c1-10-12(16)5-2-6-13(10)18-15(20)14(19)17-8-7-11-4-3-9-21-11/h2-6,9H,7-8H2,1H3,(H,17,19)(H,18,20). The third-order valence-corrected chi connectivity index (χ3v) is 3.37. The Labute approximate surface area is 127 Å². The topological polar surface area (TPSA) is 71.3 Å². The van der Waals surface area contributed by atoms with Gasteiger partial charge in [-0.25, -0.2) is 0 Å². The van der Waals surface area contributed by atoms with Gasteiger partial charge in [-0.05, 0) is 36.8 Å². The highest BCUT2D eigenvalue weighted by atomic mass is 35.5. The van der Waals surface area contributed by atoms with Gasteiger partial charge < -0.3 is 15.1 Å². The molecule has 0 spiro atoms. The maximum absolute atomic E-state index is 11.8. The summed E-state index contributed by atoms with van der Waals surface area (Å²) >= 11 is 5.96. The summed E-state index contributed by atoms with van der Waals surface area (Å²) in [6.45, 7) is 2.10. The van der Waals surface area contributed by atoms with Crippen LogP contribution in [0.15, 0.2) is 41.0 Å². The molecule has 0 saturated carbocycles. The van der Waals surface area contributed by atoms with E-state index in [0.717, 1.165) is 11.3 Å². The molecule has 6 heteroatoms. The number of halogens is 1. The molecule has 2 amide bonds. The highest BCUT2D eigenvalue weighted by Crippen LogP contribution is 2.22. The molecule has 0 aliphatic carbocycles. The lowest BCUT2D eigenvalue weighted by atomic mass is 10.2. The van der Waals surface area contributed by atoms with E-state index in [-0.39, 0.29) is 0 Å². The second-order valence-corrected chi connectivity index (χ2v) is 4.86. The summed E-state index contributed by atoms with van der Waals surface area (Å²) in [6, 6.07) is 8.69. The molecular formula is C15H15ClN2O3. The van der Waals surface area contributed by atoms with Crippen LogP contribution in [0.25, 0.3) is 0 Å². The Bertz CT molecular complexity index is 638. The summed E-state index contributed by atoms with van der Waals surface area (Å²) in [5.41, 5.74) is 1.24. The van der Waals surface area contributed by atoms with Crippen LogP contribution in [0.3, 0.4) is 0 Å². The molecule has 2 rings (SSSR count). The van der Waals surface area contributed by atoms with E-state index in [2.05, 4.69) is 10.6 Å². The Morgan fingerprint density at radius 3 is 2.71 bits per heavy atom. The van der Waals surface area contributed by atoms with Gasteiger partial charge in [0.25, 0.3) is 0 Å². The van der Waals surface area contributed by atoms with Crippen LogP contribution in [0, 0.1) is 6.92 Å². The highest BCUT2D eigenvalue weighted by molar-refractivity contribution is 6.40. The number of furan rings is 1. The fraction of sp³-hybridized carbons (Fsp3) is 0.200. The first-order valence-corrected chi connectivity index (χ1v) is 6.82. The Hall–Kier alpha value is -2.27. The van der Waals surface area contributed by atoms with Crippen molar-refractivity contribution in [2.75, 3.05) is 11.9 Å². The molecule has 1 aromatic carbocycles. The van der Waals surface area contributed by atoms with Gasteiger partial charge in [0.2, 0.25) is 0 Å². The number of hydrogen-bond donors (Lipinski definition) is 2. The second-order valence-electron chi connectivity index (χ2n) is 4.45. The van der Waals surface area contributed by atoms with Crippen LogP contribution in [0.2, 0.25) is 5.02 Å². The van der Waals surface area contributed by atoms with Crippen LogP contribution in [0.4, 0.5) is 5.69 Å². The van der Waals surface area contributed by atoms with Crippen LogP contribution < -0.4 is 10.6 Å². The van der Waals surface area contributed by atoms with E-state index in [1.807, 2.05) is 6.07 Å². The highest BCUT2D eigenvalue weighted by Gasteiger charge is 2.14. The van der Waals surface area contributed by atoms with Crippen LogP contribution in [-0.4, -0.2) is 18.4 Å². The van der Waals surface area contributed by atoms with Gasteiger partial charge in [0.05, 0.1) is 6.26 Å². The van der Waals surface area contributed by atoms with E-state index in [1.54, 1.807) is 37.5 Å². The maximum Gasteiger partial charge on any atom is 0.313 e. The Morgan fingerprint density at radius 2 is 2.00 bits per heavy atom. The smallest absolute Gasteiger partial charge is 0.313 e. The van der Waals surface area contributed by atoms with Gasteiger partial charge in [-0.2, -0.15) is 0 Å². The van der Waals surface area contributed by atoms with Crippen molar-refractivity contribution in [3.63, 3.8) is 0 Å². The third-order valence-electron chi connectivity index (χ3n) is 2.96. The number of carbonyl (C=O) groups is 2. The number of anilines is 1. The molecule has 0 bridgehead atoms. The Kier molecular flexibility index (Phi) is 5.00. The molecule has 2 aromatic rings. The predicted octanol–water partition coefficient (Wildman–Crippen LogP) is 2.54. The molecular weight excluding hydrogens is 292 g/mol. The van der Waals surface area contributed by atoms with Crippen molar-refractivity contribution < 1.29 is 14.0 Å². The van der Waals surface area contributed by atoms with E-state index in [1.165, 1.54) is 0 Å². The molecule has 1 heterocycles. The average Bonchev–Trinajstić information content (AvgIpc) is 2.97. The van der Waals surface area contributed by atoms with Crippen molar-refractivity contribution in [1.82, 2.24) is 5.32 Å². The molecule has 0 saturated heterocycles. The molecule has 0 aliphatic heterocycles. The van der Waals surface area contributed by atoms with Crippen LogP contribution in [-0.2, 0) is 16.0 Å². The van der Waals surface area contributed by atoms with E-state index >= 15 is 0 Å². The Morgan fingerprint density at radius 1 is 1.19 bits per heavy atom. The fourth-order valence-corrected chi connectivity index (χ4v) is 1.93. The quantitative estimate of drug-likeness (QED) is 0.853. The fourth-order valence-electron chi connectivity index (χ4n) is 1.76. The zero-order chi connectivity index (χ0) is 15.2. The van der Waals surface area contributed by atoms with Gasteiger partial charge in [0.1, 0.15) is 5.76 Å². The molecule has 21 heavy (non-hydrogen) atoms. The number of rotatable bonds is 4. The van der Waals surface area contributed by atoms with Crippen molar-refractivity contribution in [3.05, 3.63) is 52.9 Å². The lowest BCUT2D eigenvalue weighted by molar-refractivity contribution is -0.136. The molecule has 0 atom stereocenters. The predicted molar refractivity (Wildman–Crippen MR) is 80.2 cm³/mol. The van der Waals surface area contributed by atoms with Crippen LogP contribution >= 0.6 is 11.6 Å². The summed E-state index contributed by atoms with van der Waals surface area (Å²) < 4.78 is 5.13. The summed E-state index contributed by atoms with van der Waals surface area (Å²) in [4.78, 5) is 23.5. The molecule has 0 aliphatic rings. The molecule has 0 radical (unpaired) electrons. The molecule has 0 unspecified atom stereocenters. The van der Waals surface area contributed by atoms with Crippen molar-refractivity contribution >= 4 is 29.1 Å². The average molecular weight is 307 g/mol. The van der Waals surface area contributed by atoms with Gasteiger partial charge in [0, 0.05) is 23.7 Å². The lowest BCUT2D eigenvalue weighted by Gasteiger charge is -2.09.